The summed E-state index contributed by atoms with van der Waals surface area (Å²) in [6, 6.07) is 18.1. The Balaban J connectivity index is 2.06. The van der Waals surface area contributed by atoms with E-state index in [1.54, 1.807) is 49.4 Å². The molecule has 3 aromatic carbocycles. The maximum absolute atomic E-state index is 14.0. The molecule has 0 heterocycles. The van der Waals surface area contributed by atoms with Gasteiger partial charge in [0.25, 0.3) is 10.0 Å². The summed E-state index contributed by atoms with van der Waals surface area (Å²) in [6.45, 7) is 9.26. The minimum Gasteiger partial charge on any atom is -0.354 e. The Hall–Kier alpha value is -3.36. The Labute approximate surface area is 236 Å². The topological polar surface area (TPSA) is 86.8 Å². The van der Waals surface area contributed by atoms with Gasteiger partial charge in [0, 0.05) is 18.1 Å². The maximum atomic E-state index is 14.0. The first-order valence-electron chi connectivity index (χ1n) is 12.9. The number of sulfonamides is 1. The summed E-state index contributed by atoms with van der Waals surface area (Å²) in [4.78, 5) is 28.4. The third-order valence-corrected chi connectivity index (χ3v) is 8.70. The van der Waals surface area contributed by atoms with Crippen LogP contribution in [0.25, 0.3) is 0 Å². The van der Waals surface area contributed by atoms with Crippen molar-refractivity contribution in [2.45, 2.75) is 58.5 Å². The summed E-state index contributed by atoms with van der Waals surface area (Å²) in [6.07, 6.45) is 0.746. The summed E-state index contributed by atoms with van der Waals surface area (Å²) in [7, 11) is -4.11. The van der Waals surface area contributed by atoms with Gasteiger partial charge in [0.15, 0.2) is 0 Å². The highest BCUT2D eigenvalue weighted by Crippen LogP contribution is 2.29. The monoisotopic (exact) mass is 569 g/mol. The first-order chi connectivity index (χ1) is 18.4. The molecule has 7 nitrogen and oxygen atoms in total. The molecule has 0 aliphatic carbocycles. The van der Waals surface area contributed by atoms with Crippen molar-refractivity contribution in [1.29, 1.82) is 0 Å². The number of carbonyl (C=O) groups excluding carboxylic acids is 2. The number of hydrogen-bond acceptors (Lipinski definition) is 4. The van der Waals surface area contributed by atoms with Crippen molar-refractivity contribution in [3.63, 3.8) is 0 Å². The number of anilines is 1. The molecule has 3 rings (SSSR count). The zero-order valence-corrected chi connectivity index (χ0v) is 24.6. The highest BCUT2D eigenvalue weighted by molar-refractivity contribution is 7.92. The first-order valence-corrected chi connectivity index (χ1v) is 14.7. The van der Waals surface area contributed by atoms with Crippen LogP contribution in [-0.4, -0.2) is 44.3 Å². The fourth-order valence-electron chi connectivity index (χ4n) is 4.17. The zero-order chi connectivity index (χ0) is 28.7. The van der Waals surface area contributed by atoms with Crippen molar-refractivity contribution in [2.24, 2.45) is 0 Å². The van der Waals surface area contributed by atoms with Gasteiger partial charge in [-0.25, -0.2) is 8.42 Å². The number of aryl methyl sites for hydroxylation is 2. The molecule has 0 unspecified atom stereocenters. The van der Waals surface area contributed by atoms with E-state index in [4.69, 9.17) is 11.6 Å². The van der Waals surface area contributed by atoms with Crippen LogP contribution in [0.4, 0.5) is 5.69 Å². The second-order valence-corrected chi connectivity index (χ2v) is 12.0. The third kappa shape index (κ3) is 7.40. The molecule has 0 aliphatic heterocycles. The standard InChI is InChI=1S/C30H36ClN3O4S/c1-6-17-32-30(36)24(5)33(19-25-10-8-11-26(31)18-25)29(35)20-34(28-12-7-9-22(3)23(28)4)39(37,38)27-15-13-21(2)14-16-27/h7-16,18,24H,6,17,19-20H2,1-5H3,(H,32,36)/t24-/m1/s1. The molecule has 0 aromatic heterocycles. The van der Waals surface area contributed by atoms with E-state index in [1.165, 1.54) is 17.0 Å². The molecule has 0 aliphatic rings. The predicted molar refractivity (Wildman–Crippen MR) is 156 cm³/mol. The summed E-state index contributed by atoms with van der Waals surface area (Å²) >= 11 is 6.18. The molecule has 0 radical (unpaired) electrons. The third-order valence-electron chi connectivity index (χ3n) is 6.69. The SMILES string of the molecule is CCCNC(=O)[C@@H](C)N(Cc1cccc(Cl)c1)C(=O)CN(c1cccc(C)c1C)S(=O)(=O)c1ccc(C)cc1. The fourth-order valence-corrected chi connectivity index (χ4v) is 5.85. The molecule has 0 spiro atoms. The molecule has 9 heteroatoms. The van der Waals surface area contributed by atoms with Gasteiger partial charge < -0.3 is 10.2 Å². The summed E-state index contributed by atoms with van der Waals surface area (Å²) in [5.41, 5.74) is 3.70. The van der Waals surface area contributed by atoms with Crippen LogP contribution >= 0.6 is 11.6 Å². The van der Waals surface area contributed by atoms with Crippen LogP contribution in [0.15, 0.2) is 71.6 Å². The Bertz CT molecular complexity index is 1420. The Morgan fingerprint density at radius 3 is 2.28 bits per heavy atom. The lowest BCUT2D eigenvalue weighted by molar-refractivity contribution is -0.139. The van der Waals surface area contributed by atoms with Crippen LogP contribution in [0.1, 0.15) is 42.5 Å². The van der Waals surface area contributed by atoms with Crippen LogP contribution in [0.2, 0.25) is 5.02 Å². The number of halogens is 1. The molecule has 1 N–H and O–H groups in total. The molecule has 3 aromatic rings. The van der Waals surface area contributed by atoms with Gasteiger partial charge in [-0.15, -0.1) is 0 Å². The van der Waals surface area contributed by atoms with Gasteiger partial charge in [-0.1, -0.05) is 60.5 Å². The highest BCUT2D eigenvalue weighted by atomic mass is 35.5. The van der Waals surface area contributed by atoms with Crippen molar-refractivity contribution in [1.82, 2.24) is 10.2 Å². The first kappa shape index (κ1) is 30.2. The molecule has 208 valence electrons. The Morgan fingerprint density at radius 1 is 0.974 bits per heavy atom. The van der Waals surface area contributed by atoms with Gasteiger partial charge >= 0.3 is 0 Å². The van der Waals surface area contributed by atoms with Crippen LogP contribution in [0.5, 0.6) is 0 Å². The second kappa shape index (κ2) is 13.1. The summed E-state index contributed by atoms with van der Waals surface area (Å²) < 4.78 is 29.1. The average Bonchev–Trinajstić information content (AvgIpc) is 2.90. The van der Waals surface area contributed by atoms with Crippen LogP contribution in [0, 0.1) is 20.8 Å². The lowest BCUT2D eigenvalue weighted by atomic mass is 10.1. The van der Waals surface area contributed by atoms with Crippen molar-refractivity contribution < 1.29 is 18.0 Å². The number of rotatable bonds is 11. The van der Waals surface area contributed by atoms with Gasteiger partial charge in [0.2, 0.25) is 11.8 Å². The number of nitrogens with zero attached hydrogens (tertiary/aromatic N) is 2. The lowest BCUT2D eigenvalue weighted by Gasteiger charge is -2.32. The van der Waals surface area contributed by atoms with E-state index in [1.807, 2.05) is 39.8 Å². The van der Waals surface area contributed by atoms with Gasteiger partial charge in [0.1, 0.15) is 12.6 Å². The highest BCUT2D eigenvalue weighted by Gasteiger charge is 2.33. The minimum atomic E-state index is -4.11. The van der Waals surface area contributed by atoms with Crippen molar-refractivity contribution in [2.75, 3.05) is 17.4 Å². The normalized spacial score (nSPS) is 12.1. The largest absolute Gasteiger partial charge is 0.354 e. The quantitative estimate of drug-likeness (QED) is 0.335. The zero-order valence-electron chi connectivity index (χ0n) is 23.1. The predicted octanol–water partition coefficient (Wildman–Crippen LogP) is 5.40. The van der Waals surface area contributed by atoms with E-state index in [2.05, 4.69) is 5.32 Å². The molecule has 0 saturated carbocycles. The van der Waals surface area contributed by atoms with Crippen molar-refractivity contribution in [3.05, 3.63) is 94.0 Å². The fraction of sp³-hybridized carbons (Fsp3) is 0.333. The van der Waals surface area contributed by atoms with E-state index in [0.717, 1.165) is 33.0 Å². The Kier molecular flexibility index (Phi) is 10.2. The smallest absolute Gasteiger partial charge is 0.264 e. The van der Waals surface area contributed by atoms with Crippen molar-refractivity contribution in [3.8, 4) is 0 Å². The number of amides is 2. The molecule has 0 fully saturated rings. The van der Waals surface area contributed by atoms with Crippen molar-refractivity contribution >= 4 is 39.1 Å². The molecular weight excluding hydrogens is 534 g/mol. The number of hydrogen-bond donors (Lipinski definition) is 1. The molecule has 0 bridgehead atoms. The molecule has 0 saturated heterocycles. The van der Waals surface area contributed by atoms with E-state index in [-0.39, 0.29) is 17.3 Å². The maximum Gasteiger partial charge on any atom is 0.264 e. The van der Waals surface area contributed by atoms with Gasteiger partial charge in [-0.05, 0) is 81.1 Å². The van der Waals surface area contributed by atoms with Crippen LogP contribution < -0.4 is 9.62 Å². The summed E-state index contributed by atoms with van der Waals surface area (Å²) in [5.74, 6) is -0.822. The van der Waals surface area contributed by atoms with E-state index in [9.17, 15) is 18.0 Å². The molecule has 1 atom stereocenters. The number of carbonyl (C=O) groups is 2. The molecule has 2 amide bonds. The van der Waals surface area contributed by atoms with Gasteiger partial charge in [-0.3, -0.25) is 13.9 Å². The van der Waals surface area contributed by atoms with Gasteiger partial charge in [-0.2, -0.15) is 0 Å². The van der Waals surface area contributed by atoms with Gasteiger partial charge in [0.05, 0.1) is 10.6 Å². The molecule has 39 heavy (non-hydrogen) atoms. The number of benzene rings is 3. The summed E-state index contributed by atoms with van der Waals surface area (Å²) in [5, 5.41) is 3.34. The lowest BCUT2D eigenvalue weighted by Crippen LogP contribution is -2.51. The Morgan fingerprint density at radius 2 is 1.64 bits per heavy atom. The van der Waals surface area contributed by atoms with E-state index >= 15 is 0 Å². The second-order valence-electron chi connectivity index (χ2n) is 9.66. The van der Waals surface area contributed by atoms with Crippen LogP contribution in [0.3, 0.4) is 0 Å². The molecular formula is C30H36ClN3O4S. The number of nitrogens with one attached hydrogen (secondary N) is 1. The average molecular weight is 570 g/mol. The minimum absolute atomic E-state index is 0.0805. The van der Waals surface area contributed by atoms with E-state index in [0.29, 0.717) is 17.3 Å². The van der Waals surface area contributed by atoms with E-state index < -0.39 is 28.5 Å². The van der Waals surface area contributed by atoms with Crippen LogP contribution in [-0.2, 0) is 26.2 Å².